The van der Waals surface area contributed by atoms with Gasteiger partial charge in [0.2, 0.25) is 5.91 Å². The third-order valence-electron chi connectivity index (χ3n) is 4.32. The van der Waals surface area contributed by atoms with Crippen LogP contribution in [0.5, 0.6) is 0 Å². The van der Waals surface area contributed by atoms with Crippen LogP contribution < -0.4 is 5.32 Å². The van der Waals surface area contributed by atoms with E-state index < -0.39 is 0 Å². The zero-order valence-corrected chi connectivity index (χ0v) is 13.9. The number of nitrogens with one attached hydrogen (secondary N) is 1. The van der Waals surface area contributed by atoms with E-state index >= 15 is 0 Å². The number of anilines is 1. The van der Waals surface area contributed by atoms with Gasteiger partial charge in [0.05, 0.1) is 12.6 Å². The molecule has 0 aliphatic carbocycles. The van der Waals surface area contributed by atoms with Gasteiger partial charge in [-0.1, -0.05) is 32.0 Å². The predicted molar refractivity (Wildman–Crippen MR) is 90.1 cm³/mol. The Morgan fingerprint density at radius 3 is 2.77 bits per heavy atom. The summed E-state index contributed by atoms with van der Waals surface area (Å²) in [6, 6.07) is 8.31. The third kappa shape index (κ3) is 4.55. The molecule has 2 unspecified atom stereocenters. The van der Waals surface area contributed by atoms with Crippen molar-refractivity contribution < 1.29 is 9.90 Å². The number of carbonyl (C=O) groups is 1. The molecule has 2 rings (SSSR count). The highest BCUT2D eigenvalue weighted by molar-refractivity contribution is 5.93. The molecule has 1 aliphatic heterocycles. The Bertz CT molecular complexity index is 500. The topological polar surface area (TPSA) is 52.6 Å². The first-order chi connectivity index (χ1) is 10.5. The molecular formula is C18H28N2O2. The summed E-state index contributed by atoms with van der Waals surface area (Å²) in [5, 5.41) is 12.6. The normalized spacial score (nSPS) is 20.3. The number of rotatable bonds is 6. The third-order valence-corrected chi connectivity index (χ3v) is 4.32. The smallest absolute Gasteiger partial charge is 0.238 e. The summed E-state index contributed by atoms with van der Waals surface area (Å²) < 4.78 is 0. The summed E-state index contributed by atoms with van der Waals surface area (Å²) in [5.74, 6) is 0.414. The number of likely N-dealkylation sites (tertiary alicyclic amines) is 1. The van der Waals surface area contributed by atoms with Gasteiger partial charge in [0.1, 0.15) is 0 Å². The van der Waals surface area contributed by atoms with Gasteiger partial charge in [0.15, 0.2) is 0 Å². The summed E-state index contributed by atoms with van der Waals surface area (Å²) >= 11 is 0. The maximum Gasteiger partial charge on any atom is 0.238 e. The number of carbonyl (C=O) groups excluding carboxylic acids is 1. The lowest BCUT2D eigenvalue weighted by atomic mass is 10.0. The van der Waals surface area contributed by atoms with Crippen molar-refractivity contribution in [2.45, 2.75) is 58.1 Å². The Morgan fingerprint density at radius 1 is 1.36 bits per heavy atom. The van der Waals surface area contributed by atoms with Crippen molar-refractivity contribution >= 4 is 11.6 Å². The fourth-order valence-electron chi connectivity index (χ4n) is 3.25. The maximum atomic E-state index is 12.4. The molecule has 22 heavy (non-hydrogen) atoms. The first-order valence-electron chi connectivity index (χ1n) is 8.28. The zero-order valence-electron chi connectivity index (χ0n) is 13.9. The minimum absolute atomic E-state index is 0.0330. The molecule has 2 atom stereocenters. The van der Waals surface area contributed by atoms with Gasteiger partial charge in [-0.15, -0.1) is 0 Å². The van der Waals surface area contributed by atoms with Crippen LogP contribution in [-0.4, -0.2) is 41.1 Å². The van der Waals surface area contributed by atoms with Gasteiger partial charge in [0, 0.05) is 11.7 Å². The van der Waals surface area contributed by atoms with Crippen LogP contribution in [0.2, 0.25) is 0 Å². The molecule has 0 bridgehead atoms. The SMILES string of the molecule is CC(O)CC1CCCN1CC(=O)Nc1ccccc1C(C)C. The maximum absolute atomic E-state index is 12.4. The van der Waals surface area contributed by atoms with Crippen molar-refractivity contribution in [3.05, 3.63) is 29.8 Å². The molecule has 0 spiro atoms. The monoisotopic (exact) mass is 304 g/mol. The second-order valence-electron chi connectivity index (χ2n) is 6.64. The molecule has 0 radical (unpaired) electrons. The molecule has 1 saturated heterocycles. The molecule has 122 valence electrons. The molecule has 4 nitrogen and oxygen atoms in total. The van der Waals surface area contributed by atoms with E-state index in [0.717, 1.165) is 37.1 Å². The van der Waals surface area contributed by atoms with Crippen molar-refractivity contribution in [3.8, 4) is 0 Å². The molecule has 1 aromatic rings. The quantitative estimate of drug-likeness (QED) is 0.849. The Hall–Kier alpha value is -1.39. The first-order valence-corrected chi connectivity index (χ1v) is 8.28. The van der Waals surface area contributed by atoms with Crippen LogP contribution in [0.25, 0.3) is 0 Å². The van der Waals surface area contributed by atoms with E-state index in [9.17, 15) is 9.90 Å². The highest BCUT2D eigenvalue weighted by Gasteiger charge is 2.27. The van der Waals surface area contributed by atoms with Gasteiger partial charge in [-0.3, -0.25) is 9.69 Å². The number of aliphatic hydroxyl groups excluding tert-OH is 1. The number of para-hydroxylation sites is 1. The lowest BCUT2D eigenvalue weighted by molar-refractivity contribution is -0.117. The Kier molecular flexibility index (Phi) is 5.98. The largest absolute Gasteiger partial charge is 0.393 e. The Morgan fingerprint density at radius 2 is 2.09 bits per heavy atom. The molecule has 4 heteroatoms. The van der Waals surface area contributed by atoms with Gasteiger partial charge in [-0.05, 0) is 50.3 Å². The van der Waals surface area contributed by atoms with Crippen LogP contribution in [0.1, 0.15) is 51.5 Å². The van der Waals surface area contributed by atoms with Crippen molar-refractivity contribution in [2.75, 3.05) is 18.4 Å². The molecule has 1 amide bonds. The molecule has 1 heterocycles. The van der Waals surface area contributed by atoms with E-state index in [1.807, 2.05) is 25.1 Å². The zero-order chi connectivity index (χ0) is 16.1. The summed E-state index contributed by atoms with van der Waals surface area (Å²) in [7, 11) is 0. The van der Waals surface area contributed by atoms with Crippen LogP contribution in [0, 0.1) is 0 Å². The van der Waals surface area contributed by atoms with Crippen molar-refractivity contribution in [3.63, 3.8) is 0 Å². The Balaban J connectivity index is 1.96. The highest BCUT2D eigenvalue weighted by Crippen LogP contribution is 2.24. The van der Waals surface area contributed by atoms with E-state index in [4.69, 9.17) is 0 Å². The summed E-state index contributed by atoms with van der Waals surface area (Å²) in [6.45, 7) is 7.42. The number of aliphatic hydroxyl groups is 1. The number of hydrogen-bond acceptors (Lipinski definition) is 3. The van der Waals surface area contributed by atoms with Crippen LogP contribution >= 0.6 is 0 Å². The van der Waals surface area contributed by atoms with Gasteiger partial charge in [-0.25, -0.2) is 0 Å². The molecule has 0 saturated carbocycles. The predicted octanol–water partition coefficient (Wildman–Crippen LogP) is 2.98. The van der Waals surface area contributed by atoms with Crippen LogP contribution in [0.15, 0.2) is 24.3 Å². The van der Waals surface area contributed by atoms with E-state index in [-0.39, 0.29) is 12.0 Å². The number of amides is 1. The van der Waals surface area contributed by atoms with E-state index in [0.29, 0.717) is 18.5 Å². The minimum Gasteiger partial charge on any atom is -0.393 e. The Labute approximate surface area is 133 Å². The average molecular weight is 304 g/mol. The fourth-order valence-corrected chi connectivity index (χ4v) is 3.25. The fraction of sp³-hybridized carbons (Fsp3) is 0.611. The van der Waals surface area contributed by atoms with Gasteiger partial charge < -0.3 is 10.4 Å². The van der Waals surface area contributed by atoms with Crippen molar-refractivity contribution in [2.24, 2.45) is 0 Å². The molecule has 2 N–H and O–H groups in total. The van der Waals surface area contributed by atoms with E-state index in [1.165, 1.54) is 0 Å². The van der Waals surface area contributed by atoms with Gasteiger partial charge in [-0.2, -0.15) is 0 Å². The van der Waals surface area contributed by atoms with E-state index in [2.05, 4.69) is 30.1 Å². The lowest BCUT2D eigenvalue weighted by Gasteiger charge is -2.25. The molecular weight excluding hydrogens is 276 g/mol. The number of nitrogens with zero attached hydrogens (tertiary/aromatic N) is 1. The van der Waals surface area contributed by atoms with Gasteiger partial charge in [0.25, 0.3) is 0 Å². The number of hydrogen-bond donors (Lipinski definition) is 2. The summed E-state index contributed by atoms with van der Waals surface area (Å²) in [5.41, 5.74) is 2.08. The van der Waals surface area contributed by atoms with Crippen molar-refractivity contribution in [1.29, 1.82) is 0 Å². The van der Waals surface area contributed by atoms with Crippen LogP contribution in [-0.2, 0) is 4.79 Å². The second kappa shape index (κ2) is 7.75. The standard InChI is InChI=1S/C18H28N2O2/c1-13(2)16-8-4-5-9-17(16)19-18(22)12-20-10-6-7-15(20)11-14(3)21/h4-5,8-9,13-15,21H,6-7,10-12H2,1-3H3,(H,19,22). The summed E-state index contributed by atoms with van der Waals surface area (Å²) in [4.78, 5) is 14.6. The first kappa shape index (κ1) is 17.0. The van der Waals surface area contributed by atoms with Gasteiger partial charge >= 0.3 is 0 Å². The van der Waals surface area contributed by atoms with Crippen LogP contribution in [0.3, 0.4) is 0 Å². The van der Waals surface area contributed by atoms with E-state index in [1.54, 1.807) is 0 Å². The number of benzene rings is 1. The average Bonchev–Trinajstić information content (AvgIpc) is 2.85. The highest BCUT2D eigenvalue weighted by atomic mass is 16.3. The molecule has 1 fully saturated rings. The molecule has 1 aliphatic rings. The second-order valence-corrected chi connectivity index (χ2v) is 6.64. The lowest BCUT2D eigenvalue weighted by Crippen LogP contribution is -2.38. The molecule has 0 aromatic heterocycles. The van der Waals surface area contributed by atoms with Crippen molar-refractivity contribution in [1.82, 2.24) is 4.90 Å². The van der Waals surface area contributed by atoms with Crippen LogP contribution in [0.4, 0.5) is 5.69 Å². The summed E-state index contributed by atoms with van der Waals surface area (Å²) in [6.07, 6.45) is 2.61. The minimum atomic E-state index is -0.310. The molecule has 1 aromatic carbocycles.